The van der Waals surface area contributed by atoms with Crippen molar-refractivity contribution in [3.8, 4) is 0 Å². The van der Waals surface area contributed by atoms with Crippen molar-refractivity contribution in [1.29, 1.82) is 0 Å². The van der Waals surface area contributed by atoms with Gasteiger partial charge in [-0.05, 0) is 48.9 Å². The summed E-state index contributed by atoms with van der Waals surface area (Å²) in [6.07, 6.45) is -1.08. The molecule has 1 saturated heterocycles. The molecule has 0 spiro atoms. The Balaban J connectivity index is 1.83. The SMILES string of the molecule is Cc1cccc(NC(=O)N2CCN(C(=O)c3ccc(Cl)cc3)C2C(=O)NCCN)c1. The lowest BCUT2D eigenvalue weighted by Crippen LogP contribution is -2.55. The number of nitrogens with two attached hydrogens (primary N) is 1. The minimum Gasteiger partial charge on any atom is -0.351 e. The van der Waals surface area contributed by atoms with Crippen molar-refractivity contribution >= 4 is 35.1 Å². The molecule has 1 fully saturated rings. The molecule has 0 radical (unpaired) electrons. The third kappa shape index (κ3) is 4.90. The van der Waals surface area contributed by atoms with Crippen LogP contribution in [0.1, 0.15) is 15.9 Å². The van der Waals surface area contributed by atoms with Crippen LogP contribution < -0.4 is 16.4 Å². The number of nitrogens with one attached hydrogen (secondary N) is 2. The van der Waals surface area contributed by atoms with Gasteiger partial charge in [0, 0.05) is 42.5 Å². The zero-order valence-electron chi connectivity index (χ0n) is 16.6. The first-order valence-electron chi connectivity index (χ1n) is 9.59. The van der Waals surface area contributed by atoms with Gasteiger partial charge < -0.3 is 21.3 Å². The third-order valence-corrected chi connectivity index (χ3v) is 4.98. The number of carbonyl (C=O) groups excluding carboxylic acids is 3. The Labute approximate surface area is 180 Å². The van der Waals surface area contributed by atoms with Crippen molar-refractivity contribution in [2.75, 3.05) is 31.5 Å². The average Bonchev–Trinajstić information content (AvgIpc) is 3.17. The largest absolute Gasteiger partial charge is 0.351 e. The second-order valence-electron chi connectivity index (χ2n) is 6.95. The average molecular weight is 430 g/mol. The Morgan fingerprint density at radius 3 is 2.47 bits per heavy atom. The second kappa shape index (κ2) is 9.60. The molecule has 1 atom stereocenters. The molecule has 0 saturated carbocycles. The smallest absolute Gasteiger partial charge is 0.323 e. The van der Waals surface area contributed by atoms with Gasteiger partial charge in [-0.1, -0.05) is 23.7 Å². The molecule has 2 aromatic carbocycles. The van der Waals surface area contributed by atoms with Crippen molar-refractivity contribution in [3.63, 3.8) is 0 Å². The molecule has 1 unspecified atom stereocenters. The predicted molar refractivity (Wildman–Crippen MR) is 115 cm³/mol. The number of hydrogen-bond acceptors (Lipinski definition) is 4. The van der Waals surface area contributed by atoms with Gasteiger partial charge in [-0.25, -0.2) is 4.79 Å². The molecule has 0 aliphatic carbocycles. The number of rotatable bonds is 5. The highest BCUT2D eigenvalue weighted by Crippen LogP contribution is 2.21. The highest BCUT2D eigenvalue weighted by atomic mass is 35.5. The first-order chi connectivity index (χ1) is 14.4. The summed E-state index contributed by atoms with van der Waals surface area (Å²) in [6, 6.07) is 13.3. The Kier molecular flexibility index (Phi) is 6.91. The molecule has 0 bridgehead atoms. The quantitative estimate of drug-likeness (QED) is 0.675. The van der Waals surface area contributed by atoms with Gasteiger partial charge in [-0.2, -0.15) is 0 Å². The molecule has 8 nitrogen and oxygen atoms in total. The maximum Gasteiger partial charge on any atom is 0.323 e. The van der Waals surface area contributed by atoms with Gasteiger partial charge in [-0.3, -0.25) is 14.5 Å². The minimum absolute atomic E-state index is 0.220. The standard InChI is InChI=1S/C21H24ClN5O3/c1-14-3-2-4-17(13-14)25-21(30)27-12-11-26(19(27)18(28)24-10-9-23)20(29)15-5-7-16(22)8-6-15/h2-8,13,19H,9-12,23H2,1H3,(H,24,28)(H,25,30). The van der Waals surface area contributed by atoms with Gasteiger partial charge in [0.25, 0.3) is 11.8 Å². The van der Waals surface area contributed by atoms with Crippen molar-refractivity contribution in [1.82, 2.24) is 15.1 Å². The molecular formula is C21H24ClN5O3. The van der Waals surface area contributed by atoms with Crippen LogP contribution in [0, 0.1) is 6.92 Å². The highest BCUT2D eigenvalue weighted by molar-refractivity contribution is 6.30. The number of aryl methyl sites for hydroxylation is 1. The molecule has 4 N–H and O–H groups in total. The summed E-state index contributed by atoms with van der Waals surface area (Å²) in [4.78, 5) is 41.5. The summed E-state index contributed by atoms with van der Waals surface area (Å²) < 4.78 is 0. The lowest BCUT2D eigenvalue weighted by Gasteiger charge is -2.29. The monoisotopic (exact) mass is 429 g/mol. The topological polar surface area (TPSA) is 108 Å². The number of urea groups is 1. The van der Waals surface area contributed by atoms with E-state index in [0.717, 1.165) is 5.56 Å². The van der Waals surface area contributed by atoms with Crippen LogP contribution in [-0.2, 0) is 4.79 Å². The second-order valence-corrected chi connectivity index (χ2v) is 7.39. The number of anilines is 1. The van der Waals surface area contributed by atoms with Gasteiger partial charge in [0.15, 0.2) is 6.17 Å². The lowest BCUT2D eigenvalue weighted by atomic mass is 10.2. The van der Waals surface area contributed by atoms with Gasteiger partial charge in [0.1, 0.15) is 0 Å². The normalized spacial score (nSPS) is 15.8. The number of hydrogen-bond donors (Lipinski definition) is 3. The van der Waals surface area contributed by atoms with Crippen LogP contribution in [0.5, 0.6) is 0 Å². The fraction of sp³-hybridized carbons (Fsp3) is 0.286. The van der Waals surface area contributed by atoms with E-state index in [1.54, 1.807) is 30.3 Å². The number of benzene rings is 2. The Bertz CT molecular complexity index is 934. The van der Waals surface area contributed by atoms with E-state index in [1.165, 1.54) is 9.80 Å². The van der Waals surface area contributed by atoms with Gasteiger partial charge >= 0.3 is 6.03 Å². The number of halogens is 1. The summed E-state index contributed by atoms with van der Waals surface area (Å²) in [5.74, 6) is -0.815. The van der Waals surface area contributed by atoms with E-state index in [1.807, 2.05) is 25.1 Å². The van der Waals surface area contributed by atoms with Crippen LogP contribution in [0.2, 0.25) is 5.02 Å². The highest BCUT2D eigenvalue weighted by Gasteiger charge is 2.42. The molecule has 4 amide bonds. The fourth-order valence-electron chi connectivity index (χ4n) is 3.30. The van der Waals surface area contributed by atoms with Crippen LogP contribution >= 0.6 is 11.6 Å². The van der Waals surface area contributed by atoms with E-state index in [0.29, 0.717) is 16.3 Å². The predicted octanol–water partition coefficient (Wildman–Crippen LogP) is 2.04. The van der Waals surface area contributed by atoms with Crippen LogP contribution in [0.3, 0.4) is 0 Å². The van der Waals surface area contributed by atoms with E-state index < -0.39 is 18.1 Å². The lowest BCUT2D eigenvalue weighted by molar-refractivity contribution is -0.127. The summed E-state index contributed by atoms with van der Waals surface area (Å²) in [6.45, 7) is 2.85. The molecular weight excluding hydrogens is 406 g/mol. The summed E-state index contributed by atoms with van der Waals surface area (Å²) in [7, 11) is 0. The zero-order valence-corrected chi connectivity index (χ0v) is 17.4. The fourth-order valence-corrected chi connectivity index (χ4v) is 3.43. The van der Waals surface area contributed by atoms with Gasteiger partial charge in [0.05, 0.1) is 0 Å². The van der Waals surface area contributed by atoms with Crippen molar-refractivity contribution in [3.05, 3.63) is 64.7 Å². The molecule has 1 heterocycles. The van der Waals surface area contributed by atoms with E-state index in [2.05, 4.69) is 10.6 Å². The summed E-state index contributed by atoms with van der Waals surface area (Å²) in [5, 5.41) is 5.98. The van der Waals surface area contributed by atoms with Crippen LogP contribution in [0.25, 0.3) is 0 Å². The van der Waals surface area contributed by atoms with Crippen LogP contribution in [0.15, 0.2) is 48.5 Å². The van der Waals surface area contributed by atoms with E-state index in [9.17, 15) is 14.4 Å². The zero-order chi connectivity index (χ0) is 21.7. The maximum absolute atomic E-state index is 13.0. The molecule has 2 aromatic rings. The number of amides is 4. The Hall–Kier alpha value is -3.10. The van der Waals surface area contributed by atoms with E-state index in [-0.39, 0.29) is 32.1 Å². The third-order valence-electron chi connectivity index (χ3n) is 4.73. The Morgan fingerprint density at radius 2 is 1.80 bits per heavy atom. The molecule has 30 heavy (non-hydrogen) atoms. The molecule has 158 valence electrons. The Morgan fingerprint density at radius 1 is 1.10 bits per heavy atom. The first kappa shape index (κ1) is 21.6. The van der Waals surface area contributed by atoms with E-state index >= 15 is 0 Å². The molecule has 9 heteroatoms. The number of carbonyl (C=O) groups is 3. The van der Waals surface area contributed by atoms with Gasteiger partial charge in [-0.15, -0.1) is 0 Å². The van der Waals surface area contributed by atoms with Crippen LogP contribution in [0.4, 0.5) is 10.5 Å². The molecule has 3 rings (SSSR count). The first-order valence-corrected chi connectivity index (χ1v) is 9.97. The van der Waals surface area contributed by atoms with Crippen LogP contribution in [-0.4, -0.2) is 60.0 Å². The molecule has 0 aromatic heterocycles. The van der Waals surface area contributed by atoms with E-state index in [4.69, 9.17) is 17.3 Å². The minimum atomic E-state index is -1.08. The molecule has 1 aliphatic heterocycles. The van der Waals surface area contributed by atoms with Crippen molar-refractivity contribution in [2.24, 2.45) is 5.73 Å². The summed E-state index contributed by atoms with van der Waals surface area (Å²) in [5.41, 5.74) is 7.48. The van der Waals surface area contributed by atoms with Gasteiger partial charge in [0.2, 0.25) is 0 Å². The van der Waals surface area contributed by atoms with Crippen molar-refractivity contribution in [2.45, 2.75) is 13.1 Å². The number of nitrogens with zero attached hydrogens (tertiary/aromatic N) is 2. The molecule has 1 aliphatic rings. The van der Waals surface area contributed by atoms with Crippen molar-refractivity contribution < 1.29 is 14.4 Å². The summed E-state index contributed by atoms with van der Waals surface area (Å²) >= 11 is 5.90. The maximum atomic E-state index is 13.0.